The lowest BCUT2D eigenvalue weighted by Crippen LogP contribution is -2.23. The van der Waals surface area contributed by atoms with Crippen LogP contribution in [-0.2, 0) is 7.05 Å². The van der Waals surface area contributed by atoms with E-state index in [1.54, 1.807) is 0 Å². The zero-order valence-electron chi connectivity index (χ0n) is 12.0. The van der Waals surface area contributed by atoms with Gasteiger partial charge in [0.2, 0.25) is 0 Å². The molecule has 2 heterocycles. The predicted molar refractivity (Wildman–Crippen MR) is 92.7 cm³/mol. The maximum Gasteiger partial charge on any atom is 0.277 e. The number of anilines is 1. The molecule has 1 aromatic carbocycles. The molecule has 23 heavy (non-hydrogen) atoms. The van der Waals surface area contributed by atoms with Crippen molar-refractivity contribution in [2.24, 2.45) is 7.05 Å². The van der Waals surface area contributed by atoms with Gasteiger partial charge in [0.15, 0.2) is 5.13 Å². The van der Waals surface area contributed by atoms with Crippen molar-refractivity contribution < 1.29 is 4.79 Å². The van der Waals surface area contributed by atoms with Crippen molar-refractivity contribution in [1.82, 2.24) is 14.8 Å². The summed E-state index contributed by atoms with van der Waals surface area (Å²) < 4.78 is 2.08. The topological polar surface area (TPSA) is 76.9 Å². The minimum atomic E-state index is -0.407. The van der Waals surface area contributed by atoms with Crippen molar-refractivity contribution in [2.45, 2.75) is 0 Å². The van der Waals surface area contributed by atoms with E-state index < -0.39 is 5.91 Å². The van der Waals surface area contributed by atoms with E-state index in [-0.39, 0.29) is 11.3 Å². The number of thiazole rings is 1. The number of nitrogens with zero attached hydrogens (tertiary/aromatic N) is 3. The van der Waals surface area contributed by atoms with Gasteiger partial charge in [0.1, 0.15) is 5.69 Å². The van der Waals surface area contributed by atoms with Gasteiger partial charge in [-0.3, -0.25) is 14.9 Å². The highest BCUT2D eigenvalue weighted by molar-refractivity contribution is 9.10. The molecule has 116 valence electrons. The van der Waals surface area contributed by atoms with Gasteiger partial charge in [-0.05, 0) is 18.2 Å². The molecular formula is C15H11BrN4O2S. The molecule has 3 aromatic rings. The third kappa shape index (κ3) is 3.54. The van der Waals surface area contributed by atoms with Crippen molar-refractivity contribution in [3.8, 4) is 11.3 Å². The van der Waals surface area contributed by atoms with Crippen molar-refractivity contribution in [2.75, 3.05) is 5.32 Å². The third-order valence-corrected chi connectivity index (χ3v) is 4.29. The predicted octanol–water partition coefficient (Wildman–Crippen LogP) is 2.92. The Balaban J connectivity index is 1.80. The molecule has 0 atom stereocenters. The minimum absolute atomic E-state index is 0.159. The summed E-state index contributed by atoms with van der Waals surface area (Å²) in [6.45, 7) is 0. The Kier molecular flexibility index (Phi) is 4.35. The minimum Gasteiger partial charge on any atom is -0.296 e. The first-order valence-electron chi connectivity index (χ1n) is 6.60. The second-order valence-corrected chi connectivity index (χ2v) is 6.46. The smallest absolute Gasteiger partial charge is 0.277 e. The fourth-order valence-electron chi connectivity index (χ4n) is 1.90. The average Bonchev–Trinajstić information content (AvgIpc) is 2.98. The van der Waals surface area contributed by atoms with Gasteiger partial charge >= 0.3 is 0 Å². The lowest BCUT2D eigenvalue weighted by molar-refractivity contribution is 0.102. The fourth-order valence-corrected chi connectivity index (χ4v) is 3.01. The summed E-state index contributed by atoms with van der Waals surface area (Å²) in [5, 5.41) is 8.94. The Labute approximate surface area is 143 Å². The highest BCUT2D eigenvalue weighted by Gasteiger charge is 2.12. The number of hydrogen-bond donors (Lipinski definition) is 1. The van der Waals surface area contributed by atoms with Crippen molar-refractivity contribution >= 4 is 38.3 Å². The summed E-state index contributed by atoms with van der Waals surface area (Å²) in [6, 6.07) is 10.4. The second kappa shape index (κ2) is 6.43. The fraction of sp³-hybridized carbons (Fsp3) is 0.0667. The van der Waals surface area contributed by atoms with Crippen molar-refractivity contribution in [3.63, 3.8) is 0 Å². The molecule has 0 saturated heterocycles. The summed E-state index contributed by atoms with van der Waals surface area (Å²) in [6.07, 6.45) is 0. The van der Waals surface area contributed by atoms with Gasteiger partial charge in [-0.2, -0.15) is 5.10 Å². The van der Waals surface area contributed by atoms with Crippen LogP contribution >= 0.6 is 27.3 Å². The zero-order valence-corrected chi connectivity index (χ0v) is 14.4. The largest absolute Gasteiger partial charge is 0.296 e. The van der Waals surface area contributed by atoms with Crippen molar-refractivity contribution in [1.29, 1.82) is 0 Å². The molecule has 0 spiro atoms. The SMILES string of the molecule is Cn1nc(C(=O)Nc2nc(-c3cccc(Br)c3)cs2)ccc1=O. The van der Waals surface area contributed by atoms with Gasteiger partial charge in [0, 0.05) is 28.5 Å². The number of hydrogen-bond acceptors (Lipinski definition) is 5. The average molecular weight is 391 g/mol. The summed E-state index contributed by atoms with van der Waals surface area (Å²) in [5.74, 6) is -0.407. The molecule has 0 saturated carbocycles. The monoisotopic (exact) mass is 390 g/mol. The molecule has 1 N–H and O–H groups in total. The maximum absolute atomic E-state index is 12.1. The molecule has 0 aliphatic heterocycles. The van der Waals surface area contributed by atoms with Crippen LogP contribution in [0.15, 0.2) is 51.0 Å². The summed E-state index contributed by atoms with van der Waals surface area (Å²) in [4.78, 5) is 27.8. The standard InChI is InChI=1S/C15H11BrN4O2S/c1-20-13(21)6-5-11(19-20)14(22)18-15-17-12(8-23-15)9-3-2-4-10(16)7-9/h2-8H,1H3,(H,17,18,22). The van der Waals surface area contributed by atoms with Gasteiger partial charge in [-0.1, -0.05) is 28.1 Å². The highest BCUT2D eigenvalue weighted by Crippen LogP contribution is 2.26. The molecular weight excluding hydrogens is 380 g/mol. The lowest BCUT2D eigenvalue weighted by Gasteiger charge is -2.02. The first-order valence-corrected chi connectivity index (χ1v) is 8.27. The van der Waals surface area contributed by atoms with Gasteiger partial charge in [-0.15, -0.1) is 11.3 Å². The van der Waals surface area contributed by atoms with E-state index in [2.05, 4.69) is 31.3 Å². The number of nitrogens with one attached hydrogen (secondary N) is 1. The number of halogens is 1. The van der Waals surface area contributed by atoms with E-state index in [1.165, 1.54) is 30.5 Å². The molecule has 2 aromatic heterocycles. The van der Waals surface area contributed by atoms with Crippen LogP contribution in [0.1, 0.15) is 10.5 Å². The number of carbonyl (C=O) groups excluding carboxylic acids is 1. The summed E-state index contributed by atoms with van der Waals surface area (Å²) in [5.41, 5.74) is 1.62. The molecule has 6 nitrogen and oxygen atoms in total. The van der Waals surface area contributed by atoms with Crippen LogP contribution in [0.25, 0.3) is 11.3 Å². The Morgan fingerprint density at radius 1 is 1.30 bits per heavy atom. The third-order valence-electron chi connectivity index (χ3n) is 3.04. The lowest BCUT2D eigenvalue weighted by atomic mass is 10.2. The van der Waals surface area contributed by atoms with E-state index in [0.29, 0.717) is 5.13 Å². The number of carbonyl (C=O) groups is 1. The van der Waals surface area contributed by atoms with Crippen LogP contribution < -0.4 is 10.9 Å². The maximum atomic E-state index is 12.1. The molecule has 0 bridgehead atoms. The number of aromatic nitrogens is 3. The summed E-state index contributed by atoms with van der Waals surface area (Å²) in [7, 11) is 1.49. The normalized spacial score (nSPS) is 10.5. The molecule has 3 rings (SSSR count). The number of amides is 1. The van der Waals surface area contributed by atoms with E-state index in [9.17, 15) is 9.59 Å². The summed E-state index contributed by atoms with van der Waals surface area (Å²) >= 11 is 4.75. The Morgan fingerprint density at radius 3 is 2.87 bits per heavy atom. The number of aryl methyl sites for hydroxylation is 1. The molecule has 8 heteroatoms. The van der Waals surface area contributed by atoms with Crippen LogP contribution in [-0.4, -0.2) is 20.7 Å². The molecule has 1 amide bonds. The number of rotatable bonds is 3. The van der Waals surface area contributed by atoms with Gasteiger partial charge in [0.05, 0.1) is 5.69 Å². The molecule has 0 unspecified atom stereocenters. The van der Waals surface area contributed by atoms with Crippen LogP contribution in [0, 0.1) is 0 Å². The first-order chi connectivity index (χ1) is 11.0. The van der Waals surface area contributed by atoms with E-state index in [1.807, 2.05) is 29.6 Å². The Bertz CT molecular complexity index is 935. The van der Waals surface area contributed by atoms with Gasteiger partial charge in [0.25, 0.3) is 11.5 Å². The molecule has 0 aliphatic rings. The number of benzene rings is 1. The molecule has 0 fully saturated rings. The van der Waals surface area contributed by atoms with Crippen molar-refractivity contribution in [3.05, 3.63) is 62.3 Å². The zero-order chi connectivity index (χ0) is 16.4. The first kappa shape index (κ1) is 15.6. The van der Waals surface area contributed by atoms with Crippen LogP contribution in [0.2, 0.25) is 0 Å². The van der Waals surface area contributed by atoms with Crippen LogP contribution in [0.4, 0.5) is 5.13 Å². The highest BCUT2D eigenvalue weighted by atomic mass is 79.9. The van der Waals surface area contributed by atoms with E-state index >= 15 is 0 Å². The molecule has 0 aliphatic carbocycles. The van der Waals surface area contributed by atoms with Gasteiger partial charge in [-0.25, -0.2) is 9.67 Å². The quantitative estimate of drug-likeness (QED) is 0.745. The van der Waals surface area contributed by atoms with Crippen LogP contribution in [0.3, 0.4) is 0 Å². The Hall–Kier alpha value is -2.32. The van der Waals surface area contributed by atoms with Crippen LogP contribution in [0.5, 0.6) is 0 Å². The van der Waals surface area contributed by atoms with E-state index in [0.717, 1.165) is 20.4 Å². The molecule has 0 radical (unpaired) electrons. The van der Waals surface area contributed by atoms with Gasteiger partial charge < -0.3 is 0 Å². The Morgan fingerprint density at radius 2 is 2.13 bits per heavy atom. The second-order valence-electron chi connectivity index (χ2n) is 4.68. The van der Waals surface area contributed by atoms with E-state index in [4.69, 9.17) is 0 Å².